The molecule has 1 heterocycles. The molecule has 1 aromatic rings. The number of esters is 1. The average molecular weight is 234 g/mol. The lowest BCUT2D eigenvalue weighted by atomic mass is 10.00. The summed E-state index contributed by atoms with van der Waals surface area (Å²) in [5.74, 6) is -0.278. The summed E-state index contributed by atoms with van der Waals surface area (Å²) in [6, 6.07) is 8.31. The fraction of sp³-hybridized carbons (Fsp3) is 0.500. The summed E-state index contributed by atoms with van der Waals surface area (Å²) in [5.41, 5.74) is 2.40. The number of benzene rings is 1. The summed E-state index contributed by atoms with van der Waals surface area (Å²) in [4.78, 5) is 10.9. The standard InChI is InChI=1S/C14H18O3/c1-10-6-8-12(9-7-10)13-4-3-5-14(17-13)16-11(2)15/h6-9,13-14H,3-5H2,1-2H3. The van der Waals surface area contributed by atoms with Gasteiger partial charge in [0.2, 0.25) is 6.29 Å². The molecule has 1 saturated heterocycles. The number of aryl methyl sites for hydroxylation is 1. The molecule has 0 radical (unpaired) electrons. The third kappa shape index (κ3) is 3.30. The Morgan fingerprint density at radius 2 is 2.00 bits per heavy atom. The summed E-state index contributed by atoms with van der Waals surface area (Å²) < 4.78 is 10.9. The van der Waals surface area contributed by atoms with E-state index in [1.807, 2.05) is 0 Å². The van der Waals surface area contributed by atoms with Crippen molar-refractivity contribution in [3.63, 3.8) is 0 Å². The number of hydrogen-bond acceptors (Lipinski definition) is 3. The minimum absolute atomic E-state index is 0.0497. The van der Waals surface area contributed by atoms with E-state index in [9.17, 15) is 4.79 Å². The minimum atomic E-state index is -0.382. The van der Waals surface area contributed by atoms with Crippen molar-refractivity contribution in [1.29, 1.82) is 0 Å². The molecule has 0 aromatic heterocycles. The highest BCUT2D eigenvalue weighted by Gasteiger charge is 2.25. The molecule has 1 aliphatic rings. The van der Waals surface area contributed by atoms with Gasteiger partial charge in [0.15, 0.2) is 0 Å². The summed E-state index contributed by atoms with van der Waals surface area (Å²) >= 11 is 0. The van der Waals surface area contributed by atoms with Gasteiger partial charge in [-0.2, -0.15) is 0 Å². The van der Waals surface area contributed by atoms with E-state index in [0.29, 0.717) is 0 Å². The molecular formula is C14H18O3. The first-order valence-electron chi connectivity index (χ1n) is 6.04. The predicted octanol–water partition coefficient (Wildman–Crippen LogP) is 3.13. The number of ether oxygens (including phenoxy) is 2. The second kappa shape index (κ2) is 5.32. The highest BCUT2D eigenvalue weighted by molar-refractivity contribution is 5.66. The maximum Gasteiger partial charge on any atom is 0.304 e. The monoisotopic (exact) mass is 234 g/mol. The van der Waals surface area contributed by atoms with Gasteiger partial charge in [-0.1, -0.05) is 29.8 Å². The first-order valence-corrected chi connectivity index (χ1v) is 6.04. The summed E-state index contributed by atoms with van der Waals surface area (Å²) in [5, 5.41) is 0. The van der Waals surface area contributed by atoms with Crippen molar-refractivity contribution in [1.82, 2.24) is 0 Å². The molecule has 1 aliphatic heterocycles. The quantitative estimate of drug-likeness (QED) is 0.737. The lowest BCUT2D eigenvalue weighted by Crippen LogP contribution is -2.26. The van der Waals surface area contributed by atoms with Gasteiger partial charge in [0.05, 0.1) is 6.10 Å². The van der Waals surface area contributed by atoms with Crippen LogP contribution in [0, 0.1) is 6.92 Å². The van der Waals surface area contributed by atoms with Crippen LogP contribution in [0.15, 0.2) is 24.3 Å². The smallest absolute Gasteiger partial charge is 0.304 e. The fourth-order valence-corrected chi connectivity index (χ4v) is 2.09. The normalized spacial score (nSPS) is 24.4. The van der Waals surface area contributed by atoms with Gasteiger partial charge in [-0.15, -0.1) is 0 Å². The van der Waals surface area contributed by atoms with Crippen molar-refractivity contribution in [3.05, 3.63) is 35.4 Å². The van der Waals surface area contributed by atoms with Crippen LogP contribution in [0.25, 0.3) is 0 Å². The molecule has 2 rings (SSSR count). The largest absolute Gasteiger partial charge is 0.436 e. The van der Waals surface area contributed by atoms with E-state index in [0.717, 1.165) is 24.8 Å². The maximum atomic E-state index is 10.9. The Labute approximate surface area is 102 Å². The van der Waals surface area contributed by atoms with E-state index in [1.165, 1.54) is 12.5 Å². The van der Waals surface area contributed by atoms with Gasteiger partial charge in [0.1, 0.15) is 0 Å². The van der Waals surface area contributed by atoms with Crippen LogP contribution in [0.3, 0.4) is 0 Å². The molecule has 0 N–H and O–H groups in total. The van der Waals surface area contributed by atoms with Crippen LogP contribution in [0.4, 0.5) is 0 Å². The first-order chi connectivity index (χ1) is 8.15. The molecule has 0 bridgehead atoms. The number of hydrogen-bond donors (Lipinski definition) is 0. The zero-order valence-corrected chi connectivity index (χ0v) is 10.3. The van der Waals surface area contributed by atoms with Crippen molar-refractivity contribution in [2.45, 2.75) is 45.5 Å². The predicted molar refractivity (Wildman–Crippen MR) is 64.4 cm³/mol. The fourth-order valence-electron chi connectivity index (χ4n) is 2.09. The molecule has 17 heavy (non-hydrogen) atoms. The third-order valence-corrected chi connectivity index (χ3v) is 2.97. The zero-order chi connectivity index (χ0) is 12.3. The molecule has 1 fully saturated rings. The second-order valence-electron chi connectivity index (χ2n) is 4.51. The Bertz CT molecular complexity index is 383. The van der Waals surface area contributed by atoms with Gasteiger partial charge < -0.3 is 9.47 Å². The number of carbonyl (C=O) groups excluding carboxylic acids is 1. The summed E-state index contributed by atoms with van der Waals surface area (Å²) in [6.07, 6.45) is 2.47. The highest BCUT2D eigenvalue weighted by atomic mass is 16.7. The molecular weight excluding hydrogens is 216 g/mol. The van der Waals surface area contributed by atoms with E-state index < -0.39 is 0 Å². The van der Waals surface area contributed by atoms with Crippen LogP contribution in [-0.2, 0) is 14.3 Å². The number of rotatable bonds is 2. The lowest BCUT2D eigenvalue weighted by molar-refractivity contribution is -0.201. The van der Waals surface area contributed by atoms with Gasteiger partial charge in [-0.3, -0.25) is 4.79 Å². The van der Waals surface area contributed by atoms with Crippen LogP contribution in [0.2, 0.25) is 0 Å². The van der Waals surface area contributed by atoms with Crippen LogP contribution >= 0.6 is 0 Å². The van der Waals surface area contributed by atoms with Gasteiger partial charge in [0, 0.05) is 13.3 Å². The SMILES string of the molecule is CC(=O)OC1CCCC(c2ccc(C)cc2)O1. The summed E-state index contributed by atoms with van der Waals surface area (Å²) in [7, 11) is 0. The minimum Gasteiger partial charge on any atom is -0.436 e. The molecule has 0 spiro atoms. The first kappa shape index (κ1) is 12.1. The van der Waals surface area contributed by atoms with Gasteiger partial charge >= 0.3 is 5.97 Å². The molecule has 3 heteroatoms. The lowest BCUT2D eigenvalue weighted by Gasteiger charge is -2.29. The van der Waals surface area contributed by atoms with Crippen molar-refractivity contribution >= 4 is 5.97 Å². The maximum absolute atomic E-state index is 10.9. The molecule has 3 nitrogen and oxygen atoms in total. The van der Waals surface area contributed by atoms with Gasteiger partial charge in [-0.25, -0.2) is 0 Å². The Balaban J connectivity index is 2.01. The number of carbonyl (C=O) groups is 1. The average Bonchev–Trinajstić information content (AvgIpc) is 2.29. The van der Waals surface area contributed by atoms with Crippen LogP contribution in [-0.4, -0.2) is 12.3 Å². The third-order valence-electron chi connectivity index (χ3n) is 2.97. The molecule has 2 atom stereocenters. The van der Waals surface area contributed by atoms with E-state index in [2.05, 4.69) is 31.2 Å². The Morgan fingerprint density at radius 3 is 2.65 bits per heavy atom. The van der Waals surface area contributed by atoms with Crippen molar-refractivity contribution in [2.24, 2.45) is 0 Å². The Hall–Kier alpha value is -1.35. The van der Waals surface area contributed by atoms with E-state index in [4.69, 9.17) is 9.47 Å². The Kier molecular flexibility index (Phi) is 3.79. The second-order valence-corrected chi connectivity index (χ2v) is 4.51. The molecule has 2 unspecified atom stereocenters. The Morgan fingerprint density at radius 1 is 1.29 bits per heavy atom. The molecule has 0 amide bonds. The summed E-state index contributed by atoms with van der Waals surface area (Å²) in [6.45, 7) is 3.48. The van der Waals surface area contributed by atoms with Crippen molar-refractivity contribution < 1.29 is 14.3 Å². The molecule has 92 valence electrons. The zero-order valence-electron chi connectivity index (χ0n) is 10.3. The van der Waals surface area contributed by atoms with Gasteiger partial charge in [0.25, 0.3) is 0 Å². The molecule has 0 aliphatic carbocycles. The van der Waals surface area contributed by atoms with E-state index in [-0.39, 0.29) is 18.4 Å². The van der Waals surface area contributed by atoms with Crippen LogP contribution in [0.1, 0.15) is 43.4 Å². The van der Waals surface area contributed by atoms with Gasteiger partial charge in [-0.05, 0) is 25.3 Å². The topological polar surface area (TPSA) is 35.5 Å². The van der Waals surface area contributed by atoms with Crippen LogP contribution < -0.4 is 0 Å². The van der Waals surface area contributed by atoms with Crippen molar-refractivity contribution in [3.8, 4) is 0 Å². The molecule has 0 saturated carbocycles. The van der Waals surface area contributed by atoms with Crippen LogP contribution in [0.5, 0.6) is 0 Å². The van der Waals surface area contributed by atoms with E-state index in [1.54, 1.807) is 0 Å². The van der Waals surface area contributed by atoms with Crippen molar-refractivity contribution in [2.75, 3.05) is 0 Å². The van der Waals surface area contributed by atoms with E-state index >= 15 is 0 Å². The molecule has 1 aromatic carbocycles. The highest BCUT2D eigenvalue weighted by Crippen LogP contribution is 2.31.